The van der Waals surface area contributed by atoms with Crippen molar-refractivity contribution in [1.82, 2.24) is 5.32 Å². The van der Waals surface area contributed by atoms with E-state index in [-0.39, 0.29) is 17.6 Å². The third-order valence-electron chi connectivity index (χ3n) is 4.46. The largest absolute Gasteiger partial charge is 0.490 e. The van der Waals surface area contributed by atoms with Crippen LogP contribution in [0.4, 0.5) is 0 Å². The van der Waals surface area contributed by atoms with Crippen LogP contribution in [0.15, 0.2) is 48.5 Å². The average Bonchev–Trinajstić information content (AvgIpc) is 2.69. The highest BCUT2D eigenvalue weighted by atomic mass is 16.5. The lowest BCUT2D eigenvalue weighted by Crippen LogP contribution is -2.26. The van der Waals surface area contributed by atoms with E-state index in [2.05, 4.69) is 5.32 Å². The minimum Gasteiger partial charge on any atom is -0.490 e. The summed E-state index contributed by atoms with van der Waals surface area (Å²) in [6.45, 7) is 1.88. The fraction of sp³-hybridized carbons (Fsp3) is 0.333. The molecule has 0 saturated carbocycles. The Hall–Kier alpha value is -2.86. The Balaban J connectivity index is 1.47. The summed E-state index contributed by atoms with van der Waals surface area (Å²) in [5, 5.41) is 11.9. The first kappa shape index (κ1) is 18.9. The number of hydrogen-bond donors (Lipinski definition) is 2. The molecule has 0 bridgehead atoms. The number of carboxylic acid groups (broad SMARTS) is 1. The van der Waals surface area contributed by atoms with Gasteiger partial charge in [0.15, 0.2) is 0 Å². The molecule has 3 rings (SSSR count). The van der Waals surface area contributed by atoms with Crippen LogP contribution in [-0.2, 0) is 11.2 Å². The van der Waals surface area contributed by atoms with E-state index in [1.165, 1.54) is 0 Å². The Morgan fingerprint density at radius 3 is 2.52 bits per heavy atom. The summed E-state index contributed by atoms with van der Waals surface area (Å²) < 4.78 is 11.2. The maximum absolute atomic E-state index is 12.2. The number of ether oxygens (including phenoxy) is 2. The first-order valence-corrected chi connectivity index (χ1v) is 9.07. The van der Waals surface area contributed by atoms with E-state index in [0.717, 1.165) is 37.4 Å². The van der Waals surface area contributed by atoms with Crippen LogP contribution < -0.4 is 10.1 Å². The molecule has 0 aliphatic carbocycles. The van der Waals surface area contributed by atoms with Crippen LogP contribution in [0.1, 0.15) is 39.1 Å². The van der Waals surface area contributed by atoms with Crippen LogP contribution in [0, 0.1) is 0 Å². The minimum atomic E-state index is -0.955. The topological polar surface area (TPSA) is 84.9 Å². The second-order valence-electron chi connectivity index (χ2n) is 6.47. The molecule has 1 amide bonds. The quantitative estimate of drug-likeness (QED) is 0.784. The molecular weight excluding hydrogens is 346 g/mol. The van der Waals surface area contributed by atoms with Gasteiger partial charge < -0.3 is 19.9 Å². The van der Waals surface area contributed by atoms with E-state index < -0.39 is 5.97 Å². The van der Waals surface area contributed by atoms with Gasteiger partial charge in [0.1, 0.15) is 11.9 Å². The number of benzene rings is 2. The predicted octanol–water partition coefficient (Wildman–Crippen LogP) is 2.92. The van der Waals surface area contributed by atoms with Crippen LogP contribution in [-0.4, -0.2) is 42.8 Å². The van der Waals surface area contributed by atoms with E-state index >= 15 is 0 Å². The summed E-state index contributed by atoms with van der Waals surface area (Å²) >= 11 is 0. The van der Waals surface area contributed by atoms with Gasteiger partial charge in [0.05, 0.1) is 18.8 Å². The molecule has 2 aromatic rings. The van der Waals surface area contributed by atoms with Crippen molar-refractivity contribution in [3.05, 3.63) is 65.2 Å². The molecule has 6 heteroatoms. The van der Waals surface area contributed by atoms with Crippen LogP contribution in [0.2, 0.25) is 0 Å². The minimum absolute atomic E-state index is 0.165. The molecule has 0 atom stereocenters. The molecule has 1 heterocycles. The fourth-order valence-corrected chi connectivity index (χ4v) is 2.95. The Labute approximate surface area is 158 Å². The highest BCUT2D eigenvalue weighted by Gasteiger charge is 2.15. The van der Waals surface area contributed by atoms with Crippen molar-refractivity contribution >= 4 is 11.9 Å². The lowest BCUT2D eigenvalue weighted by atomic mass is 10.1. The number of aromatic carboxylic acids is 1. The molecule has 0 aromatic heterocycles. The molecule has 2 aromatic carbocycles. The van der Waals surface area contributed by atoms with Crippen molar-refractivity contribution in [3.63, 3.8) is 0 Å². The van der Waals surface area contributed by atoms with Crippen molar-refractivity contribution in [1.29, 1.82) is 0 Å². The molecule has 0 spiro atoms. The van der Waals surface area contributed by atoms with Crippen molar-refractivity contribution < 1.29 is 24.2 Å². The third-order valence-corrected chi connectivity index (χ3v) is 4.46. The van der Waals surface area contributed by atoms with Gasteiger partial charge in [0.25, 0.3) is 5.91 Å². The average molecular weight is 369 g/mol. The maximum atomic E-state index is 12.2. The fourth-order valence-electron chi connectivity index (χ4n) is 2.95. The van der Waals surface area contributed by atoms with Crippen LogP contribution in [0.3, 0.4) is 0 Å². The summed E-state index contributed by atoms with van der Waals surface area (Å²) in [6.07, 6.45) is 2.49. The van der Waals surface area contributed by atoms with Crippen LogP contribution in [0.5, 0.6) is 5.75 Å². The third kappa shape index (κ3) is 5.56. The number of amides is 1. The van der Waals surface area contributed by atoms with Gasteiger partial charge >= 0.3 is 5.97 Å². The molecule has 2 N–H and O–H groups in total. The SMILES string of the molecule is O=C(O)c1cccc(CCNC(=O)c2ccc(OC3CCOCC3)cc2)c1. The molecule has 1 aliphatic heterocycles. The van der Waals surface area contributed by atoms with Gasteiger partial charge in [-0.05, 0) is 48.4 Å². The van der Waals surface area contributed by atoms with E-state index in [0.29, 0.717) is 18.5 Å². The van der Waals surface area contributed by atoms with Gasteiger partial charge in [0.2, 0.25) is 0 Å². The zero-order valence-corrected chi connectivity index (χ0v) is 15.0. The lowest BCUT2D eigenvalue weighted by Gasteiger charge is -2.23. The standard InChI is InChI=1S/C21H23NO5/c23-20(22-11-8-15-2-1-3-17(14-15)21(24)25)16-4-6-18(7-5-16)27-19-9-12-26-13-10-19/h1-7,14,19H,8-13H2,(H,22,23)(H,24,25). The molecule has 0 radical (unpaired) electrons. The number of rotatable bonds is 7. The van der Waals surface area contributed by atoms with Gasteiger partial charge in [-0.15, -0.1) is 0 Å². The second-order valence-corrected chi connectivity index (χ2v) is 6.47. The van der Waals surface area contributed by atoms with E-state index in [1.807, 2.05) is 6.07 Å². The number of carboxylic acids is 1. The smallest absolute Gasteiger partial charge is 0.335 e. The molecule has 0 unspecified atom stereocenters. The Morgan fingerprint density at radius 2 is 1.81 bits per heavy atom. The highest BCUT2D eigenvalue weighted by molar-refractivity contribution is 5.94. The van der Waals surface area contributed by atoms with Gasteiger partial charge in [-0.25, -0.2) is 4.79 Å². The van der Waals surface area contributed by atoms with E-state index in [9.17, 15) is 9.59 Å². The number of carbonyl (C=O) groups is 2. The van der Waals surface area contributed by atoms with Crippen LogP contribution in [0.25, 0.3) is 0 Å². The Bertz CT molecular complexity index is 781. The normalized spacial score (nSPS) is 14.5. The Morgan fingerprint density at radius 1 is 1.07 bits per heavy atom. The summed E-state index contributed by atoms with van der Waals surface area (Å²) in [6, 6.07) is 13.8. The van der Waals surface area contributed by atoms with Gasteiger partial charge in [0, 0.05) is 24.9 Å². The summed E-state index contributed by atoms with van der Waals surface area (Å²) in [5.74, 6) is -0.366. The molecular formula is C21H23NO5. The van der Waals surface area contributed by atoms with Crippen LogP contribution >= 0.6 is 0 Å². The van der Waals surface area contributed by atoms with Crippen molar-refractivity contribution in [2.75, 3.05) is 19.8 Å². The summed E-state index contributed by atoms with van der Waals surface area (Å²) in [5.41, 5.74) is 1.68. The highest BCUT2D eigenvalue weighted by Crippen LogP contribution is 2.18. The number of nitrogens with one attached hydrogen (secondary N) is 1. The number of carbonyl (C=O) groups excluding carboxylic acids is 1. The first-order chi connectivity index (χ1) is 13.1. The number of hydrogen-bond acceptors (Lipinski definition) is 4. The molecule has 1 aliphatic rings. The lowest BCUT2D eigenvalue weighted by molar-refractivity contribution is 0.0255. The van der Waals surface area contributed by atoms with Crippen molar-refractivity contribution in [3.8, 4) is 5.75 Å². The molecule has 1 saturated heterocycles. The first-order valence-electron chi connectivity index (χ1n) is 9.07. The van der Waals surface area contributed by atoms with E-state index in [1.54, 1.807) is 42.5 Å². The zero-order valence-electron chi connectivity index (χ0n) is 15.0. The second kappa shape index (κ2) is 9.19. The van der Waals surface area contributed by atoms with Gasteiger partial charge in [-0.1, -0.05) is 12.1 Å². The van der Waals surface area contributed by atoms with Gasteiger partial charge in [-0.2, -0.15) is 0 Å². The van der Waals surface area contributed by atoms with Crippen molar-refractivity contribution in [2.45, 2.75) is 25.4 Å². The molecule has 1 fully saturated rings. The maximum Gasteiger partial charge on any atom is 0.335 e. The van der Waals surface area contributed by atoms with Crippen molar-refractivity contribution in [2.24, 2.45) is 0 Å². The van der Waals surface area contributed by atoms with E-state index in [4.69, 9.17) is 14.6 Å². The molecule has 6 nitrogen and oxygen atoms in total. The summed E-state index contributed by atoms with van der Waals surface area (Å²) in [4.78, 5) is 23.2. The monoisotopic (exact) mass is 369 g/mol. The summed E-state index contributed by atoms with van der Waals surface area (Å²) in [7, 11) is 0. The van der Waals surface area contributed by atoms with Gasteiger partial charge in [-0.3, -0.25) is 4.79 Å². The zero-order chi connectivity index (χ0) is 19.1. The molecule has 27 heavy (non-hydrogen) atoms. The predicted molar refractivity (Wildman–Crippen MR) is 100 cm³/mol. The Kier molecular flexibility index (Phi) is 6.44. The molecule has 142 valence electrons.